The number of benzene rings is 1. The van der Waals surface area contributed by atoms with Crippen molar-refractivity contribution in [3.8, 4) is 0 Å². The van der Waals surface area contributed by atoms with E-state index in [-0.39, 0.29) is 12.1 Å². The number of hydrogen-bond acceptors (Lipinski definition) is 2. The first-order chi connectivity index (χ1) is 8.52. The molecule has 100 valence electrons. The molecule has 0 saturated carbocycles. The lowest BCUT2D eigenvalue weighted by atomic mass is 10.3. The molecular formula is C12H16F2N2OS. The lowest BCUT2D eigenvalue weighted by Gasteiger charge is -2.14. The van der Waals surface area contributed by atoms with E-state index in [1.54, 1.807) is 24.3 Å². The molecule has 18 heavy (non-hydrogen) atoms. The molecule has 1 aromatic carbocycles. The van der Waals surface area contributed by atoms with Crippen LogP contribution in [0.4, 0.5) is 19.3 Å². The van der Waals surface area contributed by atoms with Crippen molar-refractivity contribution >= 4 is 23.5 Å². The number of rotatable bonds is 5. The fourth-order valence-electron chi connectivity index (χ4n) is 1.25. The number of urea groups is 1. The highest BCUT2D eigenvalue weighted by Crippen LogP contribution is 2.31. The van der Waals surface area contributed by atoms with E-state index >= 15 is 0 Å². The number of alkyl halides is 2. The zero-order valence-corrected chi connectivity index (χ0v) is 11.1. The Morgan fingerprint density at radius 1 is 1.39 bits per heavy atom. The summed E-state index contributed by atoms with van der Waals surface area (Å²) in [6, 6.07) is 6.15. The first-order valence-corrected chi connectivity index (χ1v) is 6.52. The molecular weight excluding hydrogens is 258 g/mol. The van der Waals surface area contributed by atoms with Crippen molar-refractivity contribution < 1.29 is 13.6 Å². The normalized spacial score (nSPS) is 12.3. The van der Waals surface area contributed by atoms with Gasteiger partial charge in [0, 0.05) is 10.9 Å². The molecule has 1 rings (SSSR count). The van der Waals surface area contributed by atoms with Crippen LogP contribution in [0.1, 0.15) is 20.3 Å². The number of para-hydroxylation sites is 1. The van der Waals surface area contributed by atoms with E-state index in [2.05, 4.69) is 10.6 Å². The van der Waals surface area contributed by atoms with Gasteiger partial charge >= 0.3 is 6.03 Å². The number of carbonyl (C=O) groups is 1. The molecule has 0 spiro atoms. The van der Waals surface area contributed by atoms with Crippen LogP contribution in [-0.4, -0.2) is 17.8 Å². The van der Waals surface area contributed by atoms with E-state index in [1.807, 2.05) is 13.8 Å². The average Bonchev–Trinajstić information content (AvgIpc) is 2.30. The van der Waals surface area contributed by atoms with Gasteiger partial charge < -0.3 is 10.6 Å². The molecule has 0 fully saturated rings. The number of anilines is 1. The van der Waals surface area contributed by atoms with E-state index in [4.69, 9.17) is 0 Å². The second kappa shape index (κ2) is 7.20. The van der Waals surface area contributed by atoms with Crippen molar-refractivity contribution in [1.29, 1.82) is 0 Å². The zero-order chi connectivity index (χ0) is 13.5. The van der Waals surface area contributed by atoms with Crippen LogP contribution in [0.3, 0.4) is 0 Å². The second-order valence-electron chi connectivity index (χ2n) is 3.78. The predicted molar refractivity (Wildman–Crippen MR) is 70.2 cm³/mol. The van der Waals surface area contributed by atoms with Crippen molar-refractivity contribution in [1.82, 2.24) is 5.32 Å². The molecule has 3 nitrogen and oxygen atoms in total. The number of hydrogen-bond donors (Lipinski definition) is 2. The van der Waals surface area contributed by atoms with E-state index in [9.17, 15) is 13.6 Å². The van der Waals surface area contributed by atoms with Crippen LogP contribution in [-0.2, 0) is 0 Å². The van der Waals surface area contributed by atoms with Gasteiger partial charge in [-0.15, -0.1) is 0 Å². The number of nitrogens with one attached hydrogen (secondary N) is 2. The van der Waals surface area contributed by atoms with Crippen molar-refractivity contribution in [2.75, 3.05) is 5.32 Å². The molecule has 0 bridgehead atoms. The Bertz CT molecular complexity index is 401. The molecule has 6 heteroatoms. The van der Waals surface area contributed by atoms with Gasteiger partial charge in [0.25, 0.3) is 5.76 Å². The van der Waals surface area contributed by atoms with Gasteiger partial charge in [-0.25, -0.2) is 4.79 Å². The van der Waals surface area contributed by atoms with Crippen molar-refractivity contribution in [3.05, 3.63) is 24.3 Å². The van der Waals surface area contributed by atoms with Crippen LogP contribution in [0.25, 0.3) is 0 Å². The molecule has 2 N–H and O–H groups in total. The van der Waals surface area contributed by atoms with Gasteiger partial charge in [-0.2, -0.15) is 8.78 Å². The van der Waals surface area contributed by atoms with Crippen molar-refractivity contribution in [2.24, 2.45) is 0 Å². The predicted octanol–water partition coefficient (Wildman–Crippen LogP) is 3.92. The lowest BCUT2D eigenvalue weighted by Crippen LogP contribution is -2.35. The van der Waals surface area contributed by atoms with Crippen molar-refractivity contribution in [3.63, 3.8) is 0 Å². The molecule has 1 aromatic rings. The largest absolute Gasteiger partial charge is 0.335 e. The first-order valence-electron chi connectivity index (χ1n) is 5.64. The Hall–Kier alpha value is -1.30. The summed E-state index contributed by atoms with van der Waals surface area (Å²) in [6.45, 7) is 3.82. The molecule has 1 unspecified atom stereocenters. The van der Waals surface area contributed by atoms with Gasteiger partial charge in [0.05, 0.1) is 5.69 Å². The molecule has 0 saturated heterocycles. The van der Waals surface area contributed by atoms with E-state index in [1.165, 1.54) is 0 Å². The Kier molecular flexibility index (Phi) is 5.91. The summed E-state index contributed by atoms with van der Waals surface area (Å²) in [4.78, 5) is 12.0. The summed E-state index contributed by atoms with van der Waals surface area (Å²) >= 11 is 0.416. The Labute approximate surface area is 109 Å². The quantitative estimate of drug-likeness (QED) is 0.799. The standard InChI is InChI=1S/C12H16F2N2OS/c1-3-8(2)15-12(17)16-9-6-4-5-7-10(9)18-11(13)14/h4-8,11H,3H2,1-2H3,(H2,15,16,17). The summed E-state index contributed by atoms with van der Waals surface area (Å²) in [5.41, 5.74) is 0.392. The lowest BCUT2D eigenvalue weighted by molar-refractivity contribution is 0.248. The minimum Gasteiger partial charge on any atom is -0.335 e. The van der Waals surface area contributed by atoms with Gasteiger partial charge in [-0.05, 0) is 25.5 Å². The SMILES string of the molecule is CCC(C)NC(=O)Nc1ccccc1SC(F)F. The molecule has 0 aliphatic rings. The molecule has 1 atom stereocenters. The topological polar surface area (TPSA) is 41.1 Å². The first kappa shape index (κ1) is 14.8. The maximum absolute atomic E-state index is 12.3. The maximum Gasteiger partial charge on any atom is 0.319 e. The Balaban J connectivity index is 2.68. The monoisotopic (exact) mass is 274 g/mol. The fourth-order valence-corrected chi connectivity index (χ4v) is 1.85. The Morgan fingerprint density at radius 2 is 2.06 bits per heavy atom. The van der Waals surface area contributed by atoms with Crippen LogP contribution in [0.5, 0.6) is 0 Å². The second-order valence-corrected chi connectivity index (χ2v) is 4.81. The third kappa shape index (κ3) is 4.91. The molecule has 0 heterocycles. The van der Waals surface area contributed by atoms with E-state index in [0.717, 1.165) is 6.42 Å². The number of thioether (sulfide) groups is 1. The smallest absolute Gasteiger partial charge is 0.319 e. The number of carbonyl (C=O) groups excluding carboxylic acids is 1. The molecule has 0 radical (unpaired) electrons. The van der Waals surface area contributed by atoms with Crippen LogP contribution in [0.15, 0.2) is 29.2 Å². The fraction of sp³-hybridized carbons (Fsp3) is 0.417. The molecule has 0 aliphatic heterocycles. The summed E-state index contributed by atoms with van der Waals surface area (Å²) in [7, 11) is 0. The third-order valence-electron chi connectivity index (χ3n) is 2.34. The third-order valence-corrected chi connectivity index (χ3v) is 3.13. The highest BCUT2D eigenvalue weighted by molar-refractivity contribution is 7.99. The van der Waals surface area contributed by atoms with Gasteiger partial charge in [0.15, 0.2) is 0 Å². The summed E-state index contributed by atoms with van der Waals surface area (Å²) in [6.07, 6.45) is 0.806. The maximum atomic E-state index is 12.3. The summed E-state index contributed by atoms with van der Waals surface area (Å²) in [5, 5.41) is 5.29. The van der Waals surface area contributed by atoms with Crippen LogP contribution in [0, 0.1) is 0 Å². The van der Waals surface area contributed by atoms with Gasteiger partial charge in [0.2, 0.25) is 0 Å². The van der Waals surface area contributed by atoms with Crippen LogP contribution >= 0.6 is 11.8 Å². The molecule has 2 amide bonds. The average molecular weight is 274 g/mol. The zero-order valence-electron chi connectivity index (χ0n) is 10.2. The van der Waals surface area contributed by atoms with Gasteiger partial charge in [-0.3, -0.25) is 0 Å². The Morgan fingerprint density at radius 3 is 2.67 bits per heavy atom. The van der Waals surface area contributed by atoms with Crippen LogP contribution < -0.4 is 10.6 Å². The number of amides is 2. The number of halogens is 2. The minimum atomic E-state index is -2.51. The minimum absolute atomic E-state index is 0.0416. The summed E-state index contributed by atoms with van der Waals surface area (Å²) < 4.78 is 24.7. The van der Waals surface area contributed by atoms with Gasteiger partial charge in [0.1, 0.15) is 0 Å². The highest BCUT2D eigenvalue weighted by Gasteiger charge is 2.12. The molecule has 0 aliphatic carbocycles. The van der Waals surface area contributed by atoms with E-state index < -0.39 is 5.76 Å². The van der Waals surface area contributed by atoms with E-state index in [0.29, 0.717) is 22.3 Å². The van der Waals surface area contributed by atoms with Gasteiger partial charge in [-0.1, -0.05) is 30.8 Å². The van der Waals surface area contributed by atoms with Crippen molar-refractivity contribution in [2.45, 2.75) is 37.0 Å². The van der Waals surface area contributed by atoms with Crippen LogP contribution in [0.2, 0.25) is 0 Å². The molecule has 0 aromatic heterocycles. The highest BCUT2D eigenvalue weighted by atomic mass is 32.2. The summed E-state index contributed by atoms with van der Waals surface area (Å²) in [5.74, 6) is -2.51.